The maximum absolute atomic E-state index is 11.5. The van der Waals surface area contributed by atoms with Crippen molar-refractivity contribution in [2.24, 2.45) is 0 Å². The first-order valence-corrected chi connectivity index (χ1v) is 7.48. The van der Waals surface area contributed by atoms with Crippen LogP contribution in [0.4, 0.5) is 0 Å². The van der Waals surface area contributed by atoms with Crippen molar-refractivity contribution in [1.82, 2.24) is 15.2 Å². The van der Waals surface area contributed by atoms with E-state index in [-0.39, 0.29) is 11.9 Å². The predicted molar refractivity (Wildman–Crippen MR) is 76.0 cm³/mol. The minimum atomic E-state index is 0.0319. The fraction of sp³-hybridized carbons (Fsp3) is 0.667. The molecule has 6 heteroatoms. The quantitative estimate of drug-likeness (QED) is 0.784. The molecule has 0 aliphatic rings. The number of nitrogens with one attached hydrogen (secondary N) is 1. The Morgan fingerprint density at radius 1 is 1.67 bits per heavy atom. The number of hydrogen-bond acceptors (Lipinski definition) is 4. The van der Waals surface area contributed by atoms with Crippen molar-refractivity contribution in [3.63, 3.8) is 0 Å². The van der Waals surface area contributed by atoms with E-state index in [1.54, 1.807) is 18.4 Å². The third-order valence-electron chi connectivity index (χ3n) is 2.75. The van der Waals surface area contributed by atoms with Crippen LogP contribution in [-0.2, 0) is 10.7 Å². The maximum atomic E-state index is 11.5. The average Bonchev–Trinajstić information content (AvgIpc) is 2.85. The zero-order chi connectivity index (χ0) is 13.5. The zero-order valence-corrected chi connectivity index (χ0v) is 12.6. The molecule has 0 saturated heterocycles. The number of likely N-dealkylation sites (N-methyl/N-ethyl adjacent to an activating group) is 1. The van der Waals surface area contributed by atoms with E-state index >= 15 is 0 Å². The number of halogens is 1. The molecule has 0 aromatic carbocycles. The Bertz CT molecular complexity index is 383. The Hall–Kier alpha value is -0.650. The van der Waals surface area contributed by atoms with Crippen LogP contribution in [0.5, 0.6) is 0 Å². The van der Waals surface area contributed by atoms with E-state index in [2.05, 4.69) is 29.0 Å². The van der Waals surface area contributed by atoms with Gasteiger partial charge in [-0.2, -0.15) is 0 Å². The van der Waals surface area contributed by atoms with Crippen LogP contribution in [0.15, 0.2) is 5.38 Å². The third-order valence-corrected chi connectivity index (χ3v) is 4.09. The summed E-state index contributed by atoms with van der Waals surface area (Å²) in [5.41, 5.74) is 0.903. The van der Waals surface area contributed by atoms with Gasteiger partial charge in [-0.1, -0.05) is 6.92 Å². The molecular weight excluding hydrogens is 270 g/mol. The van der Waals surface area contributed by atoms with Gasteiger partial charge >= 0.3 is 0 Å². The topological polar surface area (TPSA) is 45.2 Å². The molecule has 1 amide bonds. The van der Waals surface area contributed by atoms with Crippen LogP contribution in [0.25, 0.3) is 0 Å². The Kier molecular flexibility index (Phi) is 6.60. The highest BCUT2D eigenvalue weighted by atomic mass is 35.5. The number of alkyl halides is 1. The van der Waals surface area contributed by atoms with Crippen molar-refractivity contribution in [2.75, 3.05) is 20.1 Å². The van der Waals surface area contributed by atoms with E-state index in [1.165, 1.54) is 0 Å². The largest absolute Gasteiger partial charge is 0.358 e. The minimum Gasteiger partial charge on any atom is -0.358 e. The average molecular weight is 290 g/mol. The molecule has 1 aromatic heterocycles. The van der Waals surface area contributed by atoms with Gasteiger partial charge in [0, 0.05) is 12.4 Å². The van der Waals surface area contributed by atoms with Crippen LogP contribution < -0.4 is 5.32 Å². The molecule has 1 heterocycles. The second-order valence-corrected chi connectivity index (χ2v) is 5.29. The molecule has 0 bridgehead atoms. The summed E-state index contributed by atoms with van der Waals surface area (Å²) in [6, 6.07) is 0.143. The van der Waals surface area contributed by atoms with Crippen molar-refractivity contribution in [2.45, 2.75) is 32.2 Å². The van der Waals surface area contributed by atoms with Crippen molar-refractivity contribution in [3.8, 4) is 0 Å². The molecule has 0 radical (unpaired) electrons. The second-order valence-electron chi connectivity index (χ2n) is 4.13. The normalized spacial score (nSPS) is 12.7. The van der Waals surface area contributed by atoms with Crippen LogP contribution in [-0.4, -0.2) is 35.9 Å². The van der Waals surface area contributed by atoms with Gasteiger partial charge in [0.05, 0.1) is 24.2 Å². The van der Waals surface area contributed by atoms with Crippen molar-refractivity contribution < 1.29 is 4.79 Å². The zero-order valence-electron chi connectivity index (χ0n) is 11.1. The monoisotopic (exact) mass is 289 g/mol. The Morgan fingerprint density at radius 2 is 2.39 bits per heavy atom. The molecule has 1 unspecified atom stereocenters. The highest BCUT2D eigenvalue weighted by Crippen LogP contribution is 2.24. The lowest BCUT2D eigenvalue weighted by molar-refractivity contribution is -0.122. The van der Waals surface area contributed by atoms with Crippen molar-refractivity contribution in [1.29, 1.82) is 0 Å². The molecule has 1 aromatic rings. The summed E-state index contributed by atoms with van der Waals surface area (Å²) >= 11 is 7.36. The molecule has 0 spiro atoms. The first-order valence-electron chi connectivity index (χ1n) is 6.07. The Morgan fingerprint density at radius 3 is 2.89 bits per heavy atom. The van der Waals surface area contributed by atoms with E-state index < -0.39 is 0 Å². The molecule has 0 aliphatic carbocycles. The highest BCUT2D eigenvalue weighted by molar-refractivity contribution is 7.09. The number of rotatable bonds is 7. The Balaban J connectivity index is 2.74. The molecule has 1 atom stereocenters. The van der Waals surface area contributed by atoms with E-state index in [0.717, 1.165) is 23.7 Å². The summed E-state index contributed by atoms with van der Waals surface area (Å²) in [4.78, 5) is 18.1. The summed E-state index contributed by atoms with van der Waals surface area (Å²) in [6.07, 6.45) is 1.01. The van der Waals surface area contributed by atoms with Gasteiger partial charge in [-0.05, 0) is 19.9 Å². The summed E-state index contributed by atoms with van der Waals surface area (Å²) in [5.74, 6) is 0.469. The van der Waals surface area contributed by atoms with Crippen LogP contribution >= 0.6 is 22.9 Å². The lowest BCUT2D eigenvalue weighted by Gasteiger charge is -2.26. The molecule has 18 heavy (non-hydrogen) atoms. The third kappa shape index (κ3) is 4.23. The predicted octanol–water partition coefficient (Wildman–Crippen LogP) is 2.40. The number of carbonyl (C=O) groups excluding carboxylic acids is 1. The van der Waals surface area contributed by atoms with E-state index in [1.807, 2.05) is 5.38 Å². The number of hydrogen-bond donors (Lipinski definition) is 1. The molecule has 102 valence electrons. The van der Waals surface area contributed by atoms with Crippen molar-refractivity contribution in [3.05, 3.63) is 16.1 Å². The van der Waals surface area contributed by atoms with Gasteiger partial charge in [0.15, 0.2) is 0 Å². The first kappa shape index (κ1) is 15.4. The highest BCUT2D eigenvalue weighted by Gasteiger charge is 2.20. The molecule has 1 N–H and O–H groups in total. The fourth-order valence-corrected chi connectivity index (χ4v) is 2.83. The van der Waals surface area contributed by atoms with E-state index in [9.17, 15) is 4.79 Å². The number of carbonyl (C=O) groups is 1. The van der Waals surface area contributed by atoms with Gasteiger partial charge in [0.25, 0.3) is 0 Å². The number of thiazole rings is 1. The second kappa shape index (κ2) is 7.71. The SMILES string of the molecule is CCCN(CC(=O)NC)C(C)c1nc(CCl)cs1. The molecule has 0 saturated carbocycles. The minimum absolute atomic E-state index is 0.0319. The van der Waals surface area contributed by atoms with Gasteiger partial charge in [-0.25, -0.2) is 4.98 Å². The van der Waals surface area contributed by atoms with Gasteiger partial charge in [-0.3, -0.25) is 9.69 Å². The van der Waals surface area contributed by atoms with E-state index in [4.69, 9.17) is 11.6 Å². The number of aromatic nitrogens is 1. The molecule has 0 fully saturated rings. The van der Waals surface area contributed by atoms with Gasteiger partial charge < -0.3 is 5.32 Å². The summed E-state index contributed by atoms with van der Waals surface area (Å²) in [7, 11) is 1.66. The van der Waals surface area contributed by atoms with Crippen LogP contribution in [0, 0.1) is 0 Å². The maximum Gasteiger partial charge on any atom is 0.233 e. The fourth-order valence-electron chi connectivity index (χ4n) is 1.69. The molecule has 4 nitrogen and oxygen atoms in total. The molecule has 0 aliphatic heterocycles. The number of amides is 1. The van der Waals surface area contributed by atoms with Crippen LogP contribution in [0.3, 0.4) is 0 Å². The van der Waals surface area contributed by atoms with Crippen molar-refractivity contribution >= 4 is 28.8 Å². The van der Waals surface area contributed by atoms with E-state index in [0.29, 0.717) is 12.4 Å². The first-order chi connectivity index (χ1) is 8.62. The van der Waals surface area contributed by atoms with Crippen LogP contribution in [0.1, 0.15) is 37.0 Å². The molecular formula is C12H20ClN3OS. The van der Waals surface area contributed by atoms with Crippen LogP contribution in [0.2, 0.25) is 0 Å². The van der Waals surface area contributed by atoms with Gasteiger partial charge in [-0.15, -0.1) is 22.9 Å². The lowest BCUT2D eigenvalue weighted by atomic mass is 10.2. The van der Waals surface area contributed by atoms with Gasteiger partial charge in [0.2, 0.25) is 5.91 Å². The lowest BCUT2D eigenvalue weighted by Crippen LogP contribution is -2.37. The molecule has 1 rings (SSSR count). The Labute approximate surface area is 117 Å². The number of nitrogens with zero attached hydrogens (tertiary/aromatic N) is 2. The smallest absolute Gasteiger partial charge is 0.233 e. The standard InChI is InChI=1S/C12H20ClN3OS/c1-4-5-16(7-11(17)14-3)9(2)12-15-10(6-13)8-18-12/h8-9H,4-7H2,1-3H3,(H,14,17). The van der Waals surface area contributed by atoms with Gasteiger partial charge in [0.1, 0.15) is 5.01 Å². The summed E-state index contributed by atoms with van der Waals surface area (Å²) < 4.78 is 0. The summed E-state index contributed by atoms with van der Waals surface area (Å²) in [5, 5.41) is 5.65. The summed E-state index contributed by atoms with van der Waals surface area (Å²) in [6.45, 7) is 5.47.